The van der Waals surface area contributed by atoms with Crippen LogP contribution in [-0.2, 0) is 24.2 Å². The van der Waals surface area contributed by atoms with Crippen molar-refractivity contribution in [1.29, 1.82) is 5.26 Å². The Hall–Kier alpha value is -4.52. The minimum atomic E-state index is -0.528. The number of benzene rings is 3. The fourth-order valence-electron chi connectivity index (χ4n) is 6.69. The van der Waals surface area contributed by atoms with Crippen LogP contribution in [0.5, 0.6) is 0 Å². The highest BCUT2D eigenvalue weighted by Crippen LogP contribution is 2.40. The number of oxazole rings is 1. The fraction of sp³-hybridized carbons (Fsp3) is 0.368. The maximum atomic E-state index is 12.7. The number of likely N-dealkylation sites (tertiary alicyclic amines) is 1. The van der Waals surface area contributed by atoms with Gasteiger partial charge in [0.1, 0.15) is 22.2 Å². The first kappa shape index (κ1) is 31.1. The molecule has 47 heavy (non-hydrogen) atoms. The van der Waals surface area contributed by atoms with E-state index in [1.54, 1.807) is 16.2 Å². The van der Waals surface area contributed by atoms with Gasteiger partial charge in [-0.25, -0.2) is 14.8 Å². The molecule has 0 spiro atoms. The molecule has 2 aromatic heterocycles. The third-order valence-electron chi connectivity index (χ3n) is 9.08. The van der Waals surface area contributed by atoms with Crippen LogP contribution in [0.3, 0.4) is 0 Å². The van der Waals surface area contributed by atoms with Crippen LogP contribution < -0.4 is 0 Å². The molecule has 240 valence electrons. The molecule has 0 bridgehead atoms. The number of aromatic nitrogens is 2. The molecule has 0 N–H and O–H groups in total. The molecule has 9 heteroatoms. The Morgan fingerprint density at radius 1 is 0.979 bits per heavy atom. The summed E-state index contributed by atoms with van der Waals surface area (Å²) in [4.78, 5) is 28.0. The van der Waals surface area contributed by atoms with E-state index in [2.05, 4.69) is 55.1 Å². The number of ether oxygens (including phenoxy) is 1. The van der Waals surface area contributed by atoms with Crippen molar-refractivity contribution in [3.63, 3.8) is 0 Å². The molecule has 3 aromatic carbocycles. The molecule has 1 amide bonds. The number of amides is 1. The second-order valence-electron chi connectivity index (χ2n) is 13.6. The van der Waals surface area contributed by atoms with Crippen molar-refractivity contribution < 1.29 is 13.9 Å². The molecule has 1 fully saturated rings. The van der Waals surface area contributed by atoms with E-state index in [-0.39, 0.29) is 6.09 Å². The first-order valence-electron chi connectivity index (χ1n) is 16.3. The molecule has 5 aromatic rings. The van der Waals surface area contributed by atoms with Gasteiger partial charge in [-0.15, -0.1) is 11.3 Å². The summed E-state index contributed by atoms with van der Waals surface area (Å²) in [6.07, 6.45) is 2.87. The number of nitriles is 1. The van der Waals surface area contributed by atoms with Gasteiger partial charge in [0, 0.05) is 35.5 Å². The number of fused-ring (bicyclic) bond motifs is 2. The minimum absolute atomic E-state index is 0.281. The highest BCUT2D eigenvalue weighted by atomic mass is 32.1. The lowest BCUT2D eigenvalue weighted by Crippen LogP contribution is -2.39. The Balaban J connectivity index is 1.19. The Morgan fingerprint density at radius 3 is 2.36 bits per heavy atom. The quantitative estimate of drug-likeness (QED) is 0.189. The van der Waals surface area contributed by atoms with Crippen molar-refractivity contribution in [2.45, 2.75) is 72.6 Å². The van der Waals surface area contributed by atoms with Crippen molar-refractivity contribution in [3.8, 4) is 39.2 Å². The smallest absolute Gasteiger partial charge is 0.410 e. The zero-order valence-corrected chi connectivity index (χ0v) is 28.5. The van der Waals surface area contributed by atoms with Gasteiger partial charge >= 0.3 is 6.09 Å². The molecular weight excluding hydrogens is 607 g/mol. The molecule has 2 aliphatic rings. The van der Waals surface area contributed by atoms with Gasteiger partial charge < -0.3 is 14.1 Å². The summed E-state index contributed by atoms with van der Waals surface area (Å²) >= 11 is 1.65. The summed E-state index contributed by atoms with van der Waals surface area (Å²) in [6, 6.07) is 18.9. The van der Waals surface area contributed by atoms with Gasteiger partial charge in [0.15, 0.2) is 5.58 Å². The molecule has 0 atom stereocenters. The van der Waals surface area contributed by atoms with Crippen LogP contribution in [0.15, 0.2) is 52.9 Å². The monoisotopic (exact) mass is 645 g/mol. The maximum absolute atomic E-state index is 12.7. The number of rotatable bonds is 5. The summed E-state index contributed by atoms with van der Waals surface area (Å²) in [5.41, 5.74) is 9.79. The summed E-state index contributed by atoms with van der Waals surface area (Å²) < 4.78 is 11.9. The van der Waals surface area contributed by atoms with E-state index >= 15 is 0 Å². The Kier molecular flexibility index (Phi) is 8.11. The van der Waals surface area contributed by atoms with Gasteiger partial charge in [0.05, 0.1) is 17.8 Å². The number of carbonyl (C=O) groups is 1. The van der Waals surface area contributed by atoms with Crippen molar-refractivity contribution in [2.24, 2.45) is 0 Å². The Morgan fingerprint density at radius 2 is 1.66 bits per heavy atom. The fourth-order valence-corrected chi connectivity index (χ4v) is 7.90. The third-order valence-corrected chi connectivity index (χ3v) is 10.2. The molecule has 2 aliphatic heterocycles. The lowest BCUT2D eigenvalue weighted by Gasteiger charge is -2.29. The van der Waals surface area contributed by atoms with Crippen molar-refractivity contribution in [2.75, 3.05) is 19.6 Å². The second-order valence-corrected chi connectivity index (χ2v) is 14.7. The largest absolute Gasteiger partial charge is 0.444 e. The van der Waals surface area contributed by atoms with Crippen LogP contribution in [-0.4, -0.2) is 51.1 Å². The number of thiazole rings is 1. The molecule has 0 unspecified atom stereocenters. The lowest BCUT2D eigenvalue weighted by molar-refractivity contribution is 0.0225. The van der Waals surface area contributed by atoms with Crippen molar-refractivity contribution >= 4 is 28.5 Å². The topological polar surface area (TPSA) is 95.5 Å². The predicted molar refractivity (Wildman–Crippen MR) is 185 cm³/mol. The molecule has 0 aliphatic carbocycles. The summed E-state index contributed by atoms with van der Waals surface area (Å²) in [5.74, 6) is 0.519. The predicted octanol–water partition coefficient (Wildman–Crippen LogP) is 8.66. The summed E-state index contributed by atoms with van der Waals surface area (Å²) in [5, 5.41) is 10.9. The Labute approximate surface area is 279 Å². The number of nitrogens with zero attached hydrogens (tertiary/aromatic N) is 5. The van der Waals surface area contributed by atoms with Gasteiger partial charge in [-0.2, -0.15) is 5.26 Å². The molecule has 4 heterocycles. The average molecular weight is 646 g/mol. The standard InChI is InChI=1S/C38H39N5O3S/c1-23-27(10-8-12-29(23)35-40-32-19-25(21-42-15-6-7-16-42)18-26(20-39)34(32)45-35)28-11-9-13-30(24(28)2)36-41-31-14-17-43(22-33(31)47-36)37(44)46-38(3,4)5/h8-13,18-19H,6-7,14-17,21-22H2,1-5H3. The van der Waals surface area contributed by atoms with Gasteiger partial charge in [-0.05, 0) is 107 Å². The van der Waals surface area contributed by atoms with Crippen LogP contribution in [0.2, 0.25) is 0 Å². The molecule has 0 saturated carbocycles. The van der Waals surface area contributed by atoms with Crippen molar-refractivity contribution in [1.82, 2.24) is 19.8 Å². The van der Waals surface area contributed by atoms with E-state index in [0.29, 0.717) is 42.1 Å². The number of carbonyl (C=O) groups excluding carboxylic acids is 1. The minimum Gasteiger partial charge on any atom is -0.444 e. The Bertz CT molecular complexity index is 2040. The van der Waals surface area contributed by atoms with Crippen LogP contribution in [0.25, 0.3) is 44.3 Å². The number of hydrogen-bond donors (Lipinski definition) is 0. The molecule has 0 radical (unpaired) electrons. The van der Waals surface area contributed by atoms with E-state index in [1.807, 2.05) is 39.0 Å². The van der Waals surface area contributed by atoms with Crippen LogP contribution in [0.1, 0.15) is 66.4 Å². The van der Waals surface area contributed by atoms with Gasteiger partial charge in [-0.1, -0.05) is 30.3 Å². The highest BCUT2D eigenvalue weighted by molar-refractivity contribution is 7.15. The summed E-state index contributed by atoms with van der Waals surface area (Å²) in [7, 11) is 0. The first-order chi connectivity index (χ1) is 22.6. The van der Waals surface area contributed by atoms with E-state index < -0.39 is 5.60 Å². The molecule has 1 saturated heterocycles. The molecular formula is C38H39N5O3S. The third kappa shape index (κ3) is 6.16. The van der Waals surface area contributed by atoms with E-state index in [4.69, 9.17) is 19.1 Å². The van der Waals surface area contributed by atoms with Gasteiger partial charge in [0.2, 0.25) is 5.89 Å². The first-order valence-corrected chi connectivity index (χ1v) is 17.1. The molecule has 7 rings (SSSR count). The summed E-state index contributed by atoms with van der Waals surface area (Å²) in [6.45, 7) is 14.0. The van der Waals surface area contributed by atoms with Crippen LogP contribution >= 0.6 is 11.3 Å². The second kappa shape index (κ2) is 12.3. The van der Waals surface area contributed by atoms with E-state index in [1.165, 1.54) is 12.8 Å². The zero-order chi connectivity index (χ0) is 32.9. The maximum Gasteiger partial charge on any atom is 0.410 e. The lowest BCUT2D eigenvalue weighted by atomic mass is 9.91. The van der Waals surface area contributed by atoms with E-state index in [0.717, 1.165) is 74.2 Å². The normalized spacial score (nSPS) is 15.2. The molecule has 8 nitrogen and oxygen atoms in total. The highest BCUT2D eigenvalue weighted by Gasteiger charge is 2.28. The van der Waals surface area contributed by atoms with E-state index in [9.17, 15) is 10.1 Å². The average Bonchev–Trinajstić information content (AvgIpc) is 3.80. The van der Waals surface area contributed by atoms with Crippen LogP contribution in [0, 0.1) is 25.2 Å². The van der Waals surface area contributed by atoms with Gasteiger partial charge in [0.25, 0.3) is 0 Å². The zero-order valence-electron chi connectivity index (χ0n) is 27.6. The van der Waals surface area contributed by atoms with Gasteiger partial charge in [-0.3, -0.25) is 4.90 Å². The van der Waals surface area contributed by atoms with Crippen molar-refractivity contribution in [3.05, 3.63) is 81.4 Å². The SMILES string of the molecule is Cc1c(-c2nc3cc(CN4CCCC4)cc(C#N)c3o2)cccc1-c1cccc(-c2nc3c(s2)CN(C(=O)OC(C)(C)C)CC3)c1C. The number of hydrogen-bond acceptors (Lipinski definition) is 8. The van der Waals surface area contributed by atoms with Crippen LogP contribution in [0.4, 0.5) is 4.79 Å².